The fourth-order valence-electron chi connectivity index (χ4n) is 2.44. The van der Waals surface area contributed by atoms with Crippen LogP contribution in [-0.2, 0) is 13.6 Å². The van der Waals surface area contributed by atoms with Gasteiger partial charge in [-0.1, -0.05) is 12.1 Å². The first-order valence-electron chi connectivity index (χ1n) is 6.38. The number of aromatic nitrogens is 3. The van der Waals surface area contributed by atoms with E-state index in [1.807, 2.05) is 42.1 Å². The highest BCUT2D eigenvalue weighted by Gasteiger charge is 2.14. The number of fused-ring (bicyclic) bond motifs is 1. The molecular formula is C15H16N4O. The number of benzene rings is 1. The van der Waals surface area contributed by atoms with Gasteiger partial charge in [0.25, 0.3) is 0 Å². The number of rotatable bonds is 3. The number of hydrogen-bond donors (Lipinski definition) is 1. The van der Waals surface area contributed by atoms with E-state index < -0.39 is 0 Å². The first-order chi connectivity index (χ1) is 9.74. The summed E-state index contributed by atoms with van der Waals surface area (Å²) in [6, 6.07) is 7.84. The van der Waals surface area contributed by atoms with Crippen molar-refractivity contribution in [2.75, 3.05) is 7.11 Å². The van der Waals surface area contributed by atoms with Gasteiger partial charge in [-0.3, -0.25) is 0 Å². The van der Waals surface area contributed by atoms with Crippen molar-refractivity contribution in [3.8, 4) is 17.0 Å². The van der Waals surface area contributed by atoms with Gasteiger partial charge in [-0.15, -0.1) is 0 Å². The number of aryl methyl sites for hydroxylation is 1. The van der Waals surface area contributed by atoms with Gasteiger partial charge in [0.2, 0.25) is 0 Å². The molecule has 3 aromatic rings. The van der Waals surface area contributed by atoms with Crippen LogP contribution in [0.3, 0.4) is 0 Å². The molecule has 0 aliphatic rings. The zero-order valence-electron chi connectivity index (χ0n) is 11.5. The van der Waals surface area contributed by atoms with Crippen LogP contribution in [0.4, 0.5) is 0 Å². The molecule has 5 nitrogen and oxygen atoms in total. The Kier molecular flexibility index (Phi) is 3.12. The van der Waals surface area contributed by atoms with E-state index in [4.69, 9.17) is 10.5 Å². The van der Waals surface area contributed by atoms with Gasteiger partial charge in [-0.05, 0) is 17.7 Å². The van der Waals surface area contributed by atoms with Crippen LogP contribution in [0, 0.1) is 0 Å². The summed E-state index contributed by atoms with van der Waals surface area (Å²) in [5, 5.41) is 1.01. The van der Waals surface area contributed by atoms with Crippen molar-refractivity contribution in [2.45, 2.75) is 6.54 Å². The molecule has 0 aliphatic carbocycles. The van der Waals surface area contributed by atoms with Crippen LogP contribution >= 0.6 is 0 Å². The van der Waals surface area contributed by atoms with Crippen LogP contribution in [0.15, 0.2) is 36.8 Å². The molecule has 0 amide bonds. The van der Waals surface area contributed by atoms with Gasteiger partial charge in [0, 0.05) is 30.7 Å². The molecule has 20 heavy (non-hydrogen) atoms. The second kappa shape index (κ2) is 4.94. The highest BCUT2D eigenvalue weighted by atomic mass is 16.5. The molecule has 0 saturated heterocycles. The Labute approximate surface area is 117 Å². The van der Waals surface area contributed by atoms with E-state index in [0.717, 1.165) is 33.6 Å². The summed E-state index contributed by atoms with van der Waals surface area (Å²) >= 11 is 0. The van der Waals surface area contributed by atoms with Gasteiger partial charge in [0.15, 0.2) is 0 Å². The molecule has 0 atom stereocenters. The summed E-state index contributed by atoms with van der Waals surface area (Å²) in [4.78, 5) is 8.78. The van der Waals surface area contributed by atoms with E-state index in [0.29, 0.717) is 6.54 Å². The molecule has 0 saturated carbocycles. The van der Waals surface area contributed by atoms with E-state index in [-0.39, 0.29) is 0 Å². The number of methoxy groups -OCH3 is 1. The first-order valence-corrected chi connectivity index (χ1v) is 6.38. The van der Waals surface area contributed by atoms with Crippen LogP contribution in [-0.4, -0.2) is 21.6 Å². The van der Waals surface area contributed by atoms with Crippen LogP contribution in [0.25, 0.3) is 22.3 Å². The van der Waals surface area contributed by atoms with Gasteiger partial charge in [-0.2, -0.15) is 0 Å². The van der Waals surface area contributed by atoms with Crippen LogP contribution < -0.4 is 10.5 Å². The maximum atomic E-state index is 5.84. The maximum absolute atomic E-state index is 5.84. The molecule has 0 unspecified atom stereocenters. The van der Waals surface area contributed by atoms with E-state index in [1.165, 1.54) is 0 Å². The van der Waals surface area contributed by atoms with Crippen LogP contribution in [0.5, 0.6) is 5.75 Å². The summed E-state index contributed by atoms with van der Waals surface area (Å²) < 4.78 is 7.25. The van der Waals surface area contributed by atoms with Gasteiger partial charge < -0.3 is 15.0 Å². The highest BCUT2D eigenvalue weighted by Crippen LogP contribution is 2.30. The Morgan fingerprint density at radius 2 is 2.15 bits per heavy atom. The van der Waals surface area contributed by atoms with E-state index in [9.17, 15) is 0 Å². The monoisotopic (exact) mass is 268 g/mol. The second-order valence-corrected chi connectivity index (χ2v) is 4.62. The predicted molar refractivity (Wildman–Crippen MR) is 78.4 cm³/mol. The molecule has 1 aromatic carbocycles. The molecular weight excluding hydrogens is 252 g/mol. The van der Waals surface area contributed by atoms with Crippen molar-refractivity contribution in [3.63, 3.8) is 0 Å². The van der Waals surface area contributed by atoms with Crippen molar-refractivity contribution >= 4 is 11.0 Å². The van der Waals surface area contributed by atoms with Crippen LogP contribution in [0.2, 0.25) is 0 Å². The molecule has 0 bridgehead atoms. The summed E-state index contributed by atoms with van der Waals surface area (Å²) in [5.41, 5.74) is 9.65. The summed E-state index contributed by atoms with van der Waals surface area (Å²) in [6.07, 6.45) is 3.58. The fourth-order valence-corrected chi connectivity index (χ4v) is 2.44. The molecule has 102 valence electrons. The van der Waals surface area contributed by atoms with Crippen molar-refractivity contribution in [3.05, 3.63) is 42.4 Å². The quantitative estimate of drug-likeness (QED) is 0.790. The third-order valence-corrected chi connectivity index (χ3v) is 3.40. The SMILES string of the molecule is COc1cccc(-c2ncnc3c2c(CN)cn3C)c1. The standard InChI is InChI=1S/C15H16N4O/c1-19-8-11(7-16)13-14(17-9-18-15(13)19)10-4-3-5-12(6-10)20-2/h3-6,8-9H,7,16H2,1-2H3. The molecule has 0 radical (unpaired) electrons. The molecule has 3 rings (SSSR count). The third kappa shape index (κ3) is 1.92. The summed E-state index contributed by atoms with van der Waals surface area (Å²) in [5.74, 6) is 0.805. The number of nitrogens with two attached hydrogens (primary N) is 1. The highest BCUT2D eigenvalue weighted by molar-refractivity contribution is 5.94. The normalized spacial score (nSPS) is 10.9. The minimum Gasteiger partial charge on any atom is -0.497 e. The van der Waals surface area contributed by atoms with Crippen molar-refractivity contribution in [1.82, 2.24) is 14.5 Å². The van der Waals surface area contributed by atoms with Gasteiger partial charge in [0.1, 0.15) is 17.7 Å². The molecule has 0 spiro atoms. The first kappa shape index (κ1) is 12.6. The lowest BCUT2D eigenvalue weighted by molar-refractivity contribution is 0.415. The second-order valence-electron chi connectivity index (χ2n) is 4.62. The smallest absolute Gasteiger partial charge is 0.144 e. The molecule has 0 fully saturated rings. The largest absolute Gasteiger partial charge is 0.497 e. The van der Waals surface area contributed by atoms with Gasteiger partial charge >= 0.3 is 0 Å². The zero-order valence-corrected chi connectivity index (χ0v) is 11.5. The molecule has 2 heterocycles. The number of ether oxygens (including phenoxy) is 1. The Bertz CT molecular complexity index is 764. The average Bonchev–Trinajstić information content (AvgIpc) is 2.84. The Hall–Kier alpha value is -2.40. The zero-order chi connectivity index (χ0) is 14.1. The molecule has 5 heteroatoms. The maximum Gasteiger partial charge on any atom is 0.144 e. The Morgan fingerprint density at radius 3 is 2.90 bits per heavy atom. The fraction of sp³-hybridized carbons (Fsp3) is 0.200. The Morgan fingerprint density at radius 1 is 1.30 bits per heavy atom. The van der Waals surface area contributed by atoms with Gasteiger partial charge in [-0.25, -0.2) is 9.97 Å². The lowest BCUT2D eigenvalue weighted by Crippen LogP contribution is -1.96. The van der Waals surface area contributed by atoms with E-state index >= 15 is 0 Å². The minimum atomic E-state index is 0.460. The topological polar surface area (TPSA) is 66.0 Å². The lowest BCUT2D eigenvalue weighted by atomic mass is 10.1. The van der Waals surface area contributed by atoms with Crippen molar-refractivity contribution in [2.24, 2.45) is 12.8 Å². The number of nitrogens with zero attached hydrogens (tertiary/aromatic N) is 3. The summed E-state index contributed by atoms with van der Waals surface area (Å²) in [6.45, 7) is 0.460. The van der Waals surface area contributed by atoms with Crippen LogP contribution in [0.1, 0.15) is 5.56 Å². The lowest BCUT2D eigenvalue weighted by Gasteiger charge is -2.06. The number of hydrogen-bond acceptors (Lipinski definition) is 4. The van der Waals surface area contributed by atoms with E-state index in [1.54, 1.807) is 13.4 Å². The molecule has 2 aromatic heterocycles. The van der Waals surface area contributed by atoms with E-state index in [2.05, 4.69) is 9.97 Å². The van der Waals surface area contributed by atoms with Crippen molar-refractivity contribution in [1.29, 1.82) is 0 Å². The van der Waals surface area contributed by atoms with Crippen molar-refractivity contribution < 1.29 is 4.74 Å². The minimum absolute atomic E-state index is 0.460. The molecule has 0 aliphatic heterocycles. The van der Waals surface area contributed by atoms with Gasteiger partial charge in [0.05, 0.1) is 12.8 Å². The third-order valence-electron chi connectivity index (χ3n) is 3.40. The Balaban J connectivity index is 2.30. The predicted octanol–water partition coefficient (Wildman–Crippen LogP) is 2.10. The molecule has 2 N–H and O–H groups in total. The summed E-state index contributed by atoms with van der Waals surface area (Å²) in [7, 11) is 3.62. The average molecular weight is 268 g/mol.